The molecule has 1 aliphatic rings. The number of primary amides is 1. The van der Waals surface area contributed by atoms with Gasteiger partial charge in [0.15, 0.2) is 0 Å². The molecule has 1 aliphatic heterocycles. The number of carbonyl (C=O) groups excluding carboxylic acids is 1. The van der Waals surface area contributed by atoms with Gasteiger partial charge in [-0.15, -0.1) is 0 Å². The Bertz CT molecular complexity index is 990. The number of fused-ring (bicyclic) bond motifs is 1. The van der Waals surface area contributed by atoms with Crippen LogP contribution >= 0.6 is 0 Å². The molecule has 31 heavy (non-hydrogen) atoms. The number of pyridine rings is 1. The average molecular weight is 415 g/mol. The van der Waals surface area contributed by atoms with Crippen molar-refractivity contribution >= 4 is 11.6 Å². The summed E-state index contributed by atoms with van der Waals surface area (Å²) >= 11 is 0. The molecule has 0 fully saturated rings. The van der Waals surface area contributed by atoms with Gasteiger partial charge in [0.2, 0.25) is 11.8 Å². The van der Waals surface area contributed by atoms with E-state index < -0.39 is 5.91 Å². The third-order valence-electron chi connectivity index (χ3n) is 4.65. The average Bonchev–Trinajstić information content (AvgIpc) is 2.83. The molecule has 4 rings (SSSR count). The van der Waals surface area contributed by atoms with Crippen molar-refractivity contribution in [1.29, 1.82) is 5.26 Å². The standard InChI is InChI=1S/C18H19N5O2.C6H6/c19-8-13-3-1-12(2-4-13)5-6-21-10-15-11-22-16-7-14(17(20)24)9-23-18(16)25-15;1-2-4-6-5-3-1/h1-4,7,9,15,21-22H,5-6,10-11H2,(H2,20,24);1-6H. The Morgan fingerprint density at radius 1 is 1.19 bits per heavy atom. The summed E-state index contributed by atoms with van der Waals surface area (Å²) in [5.41, 5.74) is 8.14. The number of carbonyl (C=O) groups is 1. The van der Waals surface area contributed by atoms with Crippen LogP contribution in [0.3, 0.4) is 0 Å². The Morgan fingerprint density at radius 2 is 1.87 bits per heavy atom. The SMILES string of the molecule is N#Cc1ccc(CCNCC2CNc3cc(C(N)=O)cnc3O2)cc1.c1ccccc1. The van der Waals surface area contributed by atoms with Gasteiger partial charge in [0.25, 0.3) is 0 Å². The number of rotatable bonds is 6. The Labute approximate surface area is 181 Å². The number of nitrogens with zero attached hydrogens (tertiary/aromatic N) is 2. The highest BCUT2D eigenvalue weighted by molar-refractivity contribution is 5.93. The van der Waals surface area contributed by atoms with E-state index in [4.69, 9.17) is 15.7 Å². The normalized spacial score (nSPS) is 14.0. The van der Waals surface area contributed by atoms with Crippen molar-refractivity contribution in [2.45, 2.75) is 12.5 Å². The van der Waals surface area contributed by atoms with Gasteiger partial charge >= 0.3 is 0 Å². The van der Waals surface area contributed by atoms with Gasteiger partial charge in [-0.3, -0.25) is 4.79 Å². The molecule has 1 atom stereocenters. The molecular weight excluding hydrogens is 390 g/mol. The van der Waals surface area contributed by atoms with Crippen LogP contribution in [0.2, 0.25) is 0 Å². The molecule has 2 heterocycles. The van der Waals surface area contributed by atoms with E-state index in [1.165, 1.54) is 11.8 Å². The minimum atomic E-state index is -0.510. The molecular formula is C24H25N5O2. The lowest BCUT2D eigenvalue weighted by Crippen LogP contribution is -2.40. The molecule has 4 N–H and O–H groups in total. The third-order valence-corrected chi connectivity index (χ3v) is 4.65. The lowest BCUT2D eigenvalue weighted by atomic mass is 10.1. The van der Waals surface area contributed by atoms with E-state index in [-0.39, 0.29) is 6.10 Å². The minimum absolute atomic E-state index is 0.0413. The summed E-state index contributed by atoms with van der Waals surface area (Å²) < 4.78 is 5.82. The van der Waals surface area contributed by atoms with Crippen molar-refractivity contribution in [3.63, 3.8) is 0 Å². The number of nitrogens with one attached hydrogen (secondary N) is 2. The summed E-state index contributed by atoms with van der Waals surface area (Å²) in [5.74, 6) is -0.0289. The zero-order chi connectivity index (χ0) is 21.9. The molecule has 2 aromatic carbocycles. The molecule has 3 aromatic rings. The van der Waals surface area contributed by atoms with E-state index in [1.807, 2.05) is 60.7 Å². The van der Waals surface area contributed by atoms with E-state index in [9.17, 15) is 4.79 Å². The van der Waals surface area contributed by atoms with Gasteiger partial charge in [-0.2, -0.15) is 5.26 Å². The maximum absolute atomic E-state index is 11.2. The number of hydrogen-bond donors (Lipinski definition) is 3. The molecule has 1 unspecified atom stereocenters. The molecule has 0 spiro atoms. The molecule has 158 valence electrons. The third kappa shape index (κ3) is 6.84. The van der Waals surface area contributed by atoms with Gasteiger partial charge in [0.1, 0.15) is 6.10 Å². The number of nitrogens with two attached hydrogens (primary N) is 1. The Balaban J connectivity index is 0.000000391. The predicted molar refractivity (Wildman–Crippen MR) is 120 cm³/mol. The maximum Gasteiger partial charge on any atom is 0.250 e. The van der Waals surface area contributed by atoms with E-state index in [0.717, 1.165) is 13.0 Å². The van der Waals surface area contributed by atoms with Crippen LogP contribution in [0.5, 0.6) is 5.88 Å². The highest BCUT2D eigenvalue weighted by Crippen LogP contribution is 2.26. The number of aromatic nitrogens is 1. The summed E-state index contributed by atoms with van der Waals surface area (Å²) in [6.07, 6.45) is 2.26. The highest BCUT2D eigenvalue weighted by Gasteiger charge is 2.21. The summed E-state index contributed by atoms with van der Waals surface area (Å²) in [6, 6.07) is 23.4. The van der Waals surface area contributed by atoms with Crippen molar-refractivity contribution in [1.82, 2.24) is 10.3 Å². The zero-order valence-electron chi connectivity index (χ0n) is 17.1. The van der Waals surface area contributed by atoms with Gasteiger partial charge in [-0.1, -0.05) is 48.5 Å². The second-order valence-corrected chi connectivity index (χ2v) is 6.98. The quantitative estimate of drug-likeness (QED) is 0.534. The van der Waals surface area contributed by atoms with Crippen molar-refractivity contribution < 1.29 is 9.53 Å². The molecule has 0 saturated heterocycles. The van der Waals surface area contributed by atoms with Crippen LogP contribution < -0.4 is 21.1 Å². The Kier molecular flexibility index (Phi) is 7.97. The molecule has 0 aliphatic carbocycles. The first-order valence-electron chi connectivity index (χ1n) is 10.1. The molecule has 7 heteroatoms. The monoisotopic (exact) mass is 415 g/mol. The van der Waals surface area contributed by atoms with Gasteiger partial charge < -0.3 is 21.1 Å². The first-order chi connectivity index (χ1) is 15.2. The highest BCUT2D eigenvalue weighted by atomic mass is 16.5. The summed E-state index contributed by atoms with van der Waals surface area (Å²) in [4.78, 5) is 15.3. The van der Waals surface area contributed by atoms with Crippen LogP contribution in [0.1, 0.15) is 21.5 Å². The predicted octanol–water partition coefficient (Wildman–Crippen LogP) is 2.74. The summed E-state index contributed by atoms with van der Waals surface area (Å²) in [6.45, 7) is 2.12. The molecule has 7 nitrogen and oxygen atoms in total. The Morgan fingerprint density at radius 3 is 2.48 bits per heavy atom. The molecule has 0 bridgehead atoms. The van der Waals surface area contributed by atoms with Crippen molar-refractivity contribution in [2.75, 3.05) is 25.0 Å². The van der Waals surface area contributed by atoms with Crippen LogP contribution in [0.25, 0.3) is 0 Å². The van der Waals surface area contributed by atoms with Gasteiger partial charge in [-0.25, -0.2) is 4.98 Å². The fourth-order valence-electron chi connectivity index (χ4n) is 2.97. The van der Waals surface area contributed by atoms with E-state index in [2.05, 4.69) is 21.7 Å². The second-order valence-electron chi connectivity index (χ2n) is 6.98. The van der Waals surface area contributed by atoms with Crippen LogP contribution in [0, 0.1) is 11.3 Å². The molecule has 1 amide bonds. The number of benzene rings is 2. The number of hydrogen-bond acceptors (Lipinski definition) is 6. The van der Waals surface area contributed by atoms with Crippen molar-refractivity contribution in [2.24, 2.45) is 5.73 Å². The van der Waals surface area contributed by atoms with Gasteiger partial charge in [0, 0.05) is 12.7 Å². The molecule has 0 radical (unpaired) electrons. The van der Waals surface area contributed by atoms with Crippen LogP contribution in [0.15, 0.2) is 72.9 Å². The largest absolute Gasteiger partial charge is 0.470 e. The number of ether oxygens (including phenoxy) is 1. The molecule has 0 saturated carbocycles. The van der Waals surface area contributed by atoms with Crippen LogP contribution in [0.4, 0.5) is 5.69 Å². The van der Waals surface area contributed by atoms with Crippen molar-refractivity contribution in [3.05, 3.63) is 89.6 Å². The minimum Gasteiger partial charge on any atom is -0.470 e. The smallest absolute Gasteiger partial charge is 0.250 e. The van der Waals surface area contributed by atoms with E-state index >= 15 is 0 Å². The zero-order valence-corrected chi connectivity index (χ0v) is 17.1. The van der Waals surface area contributed by atoms with Crippen LogP contribution in [-0.2, 0) is 6.42 Å². The summed E-state index contributed by atoms with van der Waals surface area (Å²) in [5, 5.41) is 15.4. The van der Waals surface area contributed by atoms with E-state index in [1.54, 1.807) is 6.07 Å². The topological polar surface area (TPSA) is 113 Å². The first kappa shape index (κ1) is 21.8. The molecule has 1 aromatic heterocycles. The Hall–Kier alpha value is -3.89. The van der Waals surface area contributed by atoms with Crippen LogP contribution in [-0.4, -0.2) is 36.6 Å². The number of nitriles is 1. The van der Waals surface area contributed by atoms with E-state index in [0.29, 0.717) is 35.8 Å². The van der Waals surface area contributed by atoms with Crippen molar-refractivity contribution in [3.8, 4) is 11.9 Å². The number of amides is 1. The fourth-order valence-corrected chi connectivity index (χ4v) is 2.97. The second kappa shape index (κ2) is 11.3. The van der Waals surface area contributed by atoms with Gasteiger partial charge in [-0.05, 0) is 36.7 Å². The number of anilines is 1. The maximum atomic E-state index is 11.2. The first-order valence-corrected chi connectivity index (χ1v) is 10.1. The summed E-state index contributed by atoms with van der Waals surface area (Å²) in [7, 11) is 0. The van der Waals surface area contributed by atoms with Gasteiger partial charge in [0.05, 0.1) is 29.4 Å². The lowest BCUT2D eigenvalue weighted by Gasteiger charge is -2.26. The fraction of sp³-hybridized carbons (Fsp3) is 0.208. The lowest BCUT2D eigenvalue weighted by molar-refractivity contribution is 0.0999.